The average molecular weight is 344 g/mol. The van der Waals surface area contributed by atoms with Crippen LogP contribution >= 0.6 is 27.3 Å². The topological polar surface area (TPSA) is 12.0 Å². The van der Waals surface area contributed by atoms with Crippen LogP contribution in [0.25, 0.3) is 0 Å². The van der Waals surface area contributed by atoms with Crippen LogP contribution in [-0.4, -0.2) is 13.1 Å². The first-order chi connectivity index (χ1) is 9.10. The minimum Gasteiger partial charge on any atom is -0.316 e. The standard InChI is InChI=1S/C16H26BrNS/c1-11(2)12-4-6-13(7-5-12)15(18-3)10-14-8-9-16(17)19-14/h8-9,11-13,15,18H,4-7,10H2,1-3H3. The van der Waals surface area contributed by atoms with Crippen molar-refractivity contribution in [2.24, 2.45) is 17.8 Å². The van der Waals surface area contributed by atoms with Crippen LogP contribution in [0.4, 0.5) is 0 Å². The smallest absolute Gasteiger partial charge is 0.0701 e. The number of likely N-dealkylation sites (N-methyl/N-ethyl adjacent to an activating group) is 1. The highest BCUT2D eigenvalue weighted by Crippen LogP contribution is 2.36. The highest BCUT2D eigenvalue weighted by Gasteiger charge is 2.28. The highest BCUT2D eigenvalue weighted by atomic mass is 79.9. The van der Waals surface area contributed by atoms with E-state index >= 15 is 0 Å². The zero-order chi connectivity index (χ0) is 13.8. The Bertz CT molecular complexity index is 380. The summed E-state index contributed by atoms with van der Waals surface area (Å²) in [6, 6.07) is 5.08. The zero-order valence-electron chi connectivity index (χ0n) is 12.3. The van der Waals surface area contributed by atoms with Crippen LogP contribution < -0.4 is 5.32 Å². The summed E-state index contributed by atoms with van der Waals surface area (Å²) in [6.07, 6.45) is 6.84. The van der Waals surface area contributed by atoms with Gasteiger partial charge in [-0.2, -0.15) is 0 Å². The summed E-state index contributed by atoms with van der Waals surface area (Å²) in [5, 5.41) is 3.56. The molecule has 0 spiro atoms. The summed E-state index contributed by atoms with van der Waals surface area (Å²) in [6.45, 7) is 4.76. The molecule has 3 heteroatoms. The molecule has 0 aromatic carbocycles. The molecule has 1 unspecified atom stereocenters. The Morgan fingerprint density at radius 3 is 2.32 bits per heavy atom. The zero-order valence-corrected chi connectivity index (χ0v) is 14.7. The predicted molar refractivity (Wildman–Crippen MR) is 88.9 cm³/mol. The summed E-state index contributed by atoms with van der Waals surface area (Å²) in [5.41, 5.74) is 0. The molecule has 108 valence electrons. The summed E-state index contributed by atoms with van der Waals surface area (Å²) in [5.74, 6) is 2.69. The molecular weight excluding hydrogens is 318 g/mol. The van der Waals surface area contributed by atoms with Gasteiger partial charge >= 0.3 is 0 Å². The van der Waals surface area contributed by atoms with Gasteiger partial charge in [0.15, 0.2) is 0 Å². The second-order valence-corrected chi connectivity index (χ2v) is 8.77. The van der Waals surface area contributed by atoms with Crippen molar-refractivity contribution in [3.05, 3.63) is 20.8 Å². The summed E-state index contributed by atoms with van der Waals surface area (Å²) in [4.78, 5) is 1.50. The number of nitrogens with one attached hydrogen (secondary N) is 1. The van der Waals surface area contributed by atoms with Gasteiger partial charge < -0.3 is 5.32 Å². The SMILES string of the molecule is CNC(Cc1ccc(Br)s1)C1CCC(C(C)C)CC1. The van der Waals surface area contributed by atoms with Crippen LogP contribution in [0.5, 0.6) is 0 Å². The Hall–Kier alpha value is 0.140. The summed E-state index contributed by atoms with van der Waals surface area (Å²) >= 11 is 5.44. The van der Waals surface area contributed by atoms with Crippen molar-refractivity contribution in [3.8, 4) is 0 Å². The second-order valence-electron chi connectivity index (χ2n) is 6.22. The molecule has 1 fully saturated rings. The second kappa shape index (κ2) is 7.24. The molecule has 1 atom stereocenters. The van der Waals surface area contributed by atoms with Gasteiger partial charge in [-0.3, -0.25) is 0 Å². The minimum absolute atomic E-state index is 0.652. The third-order valence-corrected chi connectivity index (χ3v) is 6.40. The predicted octanol–water partition coefficient (Wildman–Crippen LogP) is 5.10. The molecule has 0 radical (unpaired) electrons. The van der Waals surface area contributed by atoms with Gasteiger partial charge in [0.1, 0.15) is 0 Å². The van der Waals surface area contributed by atoms with E-state index in [9.17, 15) is 0 Å². The van der Waals surface area contributed by atoms with E-state index < -0.39 is 0 Å². The lowest BCUT2D eigenvalue weighted by Crippen LogP contribution is -2.38. The number of halogens is 1. The molecule has 1 saturated carbocycles. The van der Waals surface area contributed by atoms with Crippen molar-refractivity contribution >= 4 is 27.3 Å². The van der Waals surface area contributed by atoms with Gasteiger partial charge in [-0.15, -0.1) is 11.3 Å². The molecule has 1 aliphatic rings. The maximum atomic E-state index is 3.56. The van der Waals surface area contributed by atoms with E-state index in [1.54, 1.807) is 0 Å². The van der Waals surface area contributed by atoms with Crippen LogP contribution in [0.1, 0.15) is 44.4 Å². The monoisotopic (exact) mass is 343 g/mol. The van der Waals surface area contributed by atoms with Crippen molar-refractivity contribution in [2.75, 3.05) is 7.05 Å². The van der Waals surface area contributed by atoms with Crippen LogP contribution in [0, 0.1) is 17.8 Å². The van der Waals surface area contributed by atoms with Gasteiger partial charge in [-0.25, -0.2) is 0 Å². The first-order valence-corrected chi connectivity index (χ1v) is 9.12. The van der Waals surface area contributed by atoms with Crippen molar-refractivity contribution in [3.63, 3.8) is 0 Å². The Kier molecular flexibility index (Phi) is 5.91. The fourth-order valence-corrected chi connectivity index (χ4v) is 4.94. The molecule has 0 saturated heterocycles. The Morgan fingerprint density at radius 2 is 1.84 bits per heavy atom. The molecule has 0 aliphatic heterocycles. The largest absolute Gasteiger partial charge is 0.316 e. The van der Waals surface area contributed by atoms with E-state index in [1.165, 1.54) is 40.8 Å². The van der Waals surface area contributed by atoms with Gasteiger partial charge in [0.2, 0.25) is 0 Å². The fraction of sp³-hybridized carbons (Fsp3) is 0.750. The molecule has 1 N–H and O–H groups in total. The van der Waals surface area contributed by atoms with Crippen molar-refractivity contribution in [1.29, 1.82) is 0 Å². The highest BCUT2D eigenvalue weighted by molar-refractivity contribution is 9.11. The van der Waals surface area contributed by atoms with Gasteiger partial charge in [0.25, 0.3) is 0 Å². The van der Waals surface area contributed by atoms with E-state index in [4.69, 9.17) is 0 Å². The van der Waals surface area contributed by atoms with Crippen molar-refractivity contribution in [1.82, 2.24) is 5.32 Å². The van der Waals surface area contributed by atoms with Gasteiger partial charge in [0, 0.05) is 10.9 Å². The quantitative estimate of drug-likeness (QED) is 0.783. The lowest BCUT2D eigenvalue weighted by atomic mass is 9.74. The lowest BCUT2D eigenvalue weighted by molar-refractivity contribution is 0.192. The summed E-state index contributed by atoms with van der Waals surface area (Å²) in [7, 11) is 2.13. The Morgan fingerprint density at radius 1 is 1.21 bits per heavy atom. The molecule has 1 aromatic rings. The molecule has 1 aliphatic carbocycles. The van der Waals surface area contributed by atoms with E-state index in [0.29, 0.717) is 6.04 Å². The van der Waals surface area contributed by atoms with Crippen LogP contribution in [-0.2, 0) is 6.42 Å². The van der Waals surface area contributed by atoms with E-state index in [-0.39, 0.29) is 0 Å². The number of hydrogen-bond donors (Lipinski definition) is 1. The molecule has 1 nitrogen and oxygen atoms in total. The Labute approximate surface area is 130 Å². The maximum Gasteiger partial charge on any atom is 0.0701 e. The van der Waals surface area contributed by atoms with E-state index in [0.717, 1.165) is 17.8 Å². The first kappa shape index (κ1) is 15.5. The van der Waals surface area contributed by atoms with Crippen LogP contribution in [0.15, 0.2) is 15.9 Å². The molecule has 19 heavy (non-hydrogen) atoms. The third-order valence-electron chi connectivity index (χ3n) is 4.75. The van der Waals surface area contributed by atoms with E-state index in [2.05, 4.69) is 54.3 Å². The number of hydrogen-bond acceptors (Lipinski definition) is 2. The first-order valence-electron chi connectivity index (χ1n) is 7.51. The fourth-order valence-electron chi connectivity index (χ4n) is 3.40. The molecule has 2 rings (SSSR count). The van der Waals surface area contributed by atoms with Gasteiger partial charge in [0.05, 0.1) is 3.79 Å². The summed E-state index contributed by atoms with van der Waals surface area (Å²) < 4.78 is 1.25. The van der Waals surface area contributed by atoms with Crippen molar-refractivity contribution < 1.29 is 0 Å². The minimum atomic E-state index is 0.652. The molecule has 1 heterocycles. The van der Waals surface area contributed by atoms with Gasteiger partial charge in [-0.05, 0) is 85.0 Å². The number of thiophene rings is 1. The number of rotatable bonds is 5. The molecular formula is C16H26BrNS. The van der Waals surface area contributed by atoms with Gasteiger partial charge in [-0.1, -0.05) is 13.8 Å². The molecule has 0 amide bonds. The Balaban J connectivity index is 1.88. The normalized spacial score (nSPS) is 25.7. The van der Waals surface area contributed by atoms with Crippen molar-refractivity contribution in [2.45, 2.75) is 52.0 Å². The van der Waals surface area contributed by atoms with E-state index in [1.807, 2.05) is 11.3 Å². The lowest BCUT2D eigenvalue weighted by Gasteiger charge is -2.35. The molecule has 1 aromatic heterocycles. The van der Waals surface area contributed by atoms with Crippen LogP contribution in [0.3, 0.4) is 0 Å². The average Bonchev–Trinajstić information content (AvgIpc) is 2.81. The maximum absolute atomic E-state index is 3.56. The molecule has 0 bridgehead atoms. The third kappa shape index (κ3) is 4.30. The van der Waals surface area contributed by atoms with Crippen LogP contribution in [0.2, 0.25) is 0 Å².